The fourth-order valence-corrected chi connectivity index (χ4v) is 4.09. The number of nitrogens with zero attached hydrogens (tertiary/aromatic N) is 1. The molecular weight excluding hydrogens is 252 g/mol. The first-order valence-electron chi connectivity index (χ1n) is 7.67. The Balaban J connectivity index is 1.63. The number of hydrogen-bond donors (Lipinski definition) is 1. The maximum absolute atomic E-state index is 3.83. The van der Waals surface area contributed by atoms with Gasteiger partial charge in [-0.2, -0.15) is 11.3 Å². The summed E-state index contributed by atoms with van der Waals surface area (Å²) >= 11 is 1.81. The Morgan fingerprint density at radius 2 is 2.26 bits per heavy atom. The zero-order valence-electron chi connectivity index (χ0n) is 12.2. The first-order valence-corrected chi connectivity index (χ1v) is 8.62. The van der Waals surface area contributed by atoms with E-state index in [1.54, 1.807) is 0 Å². The fraction of sp³-hybridized carbons (Fsp3) is 0.750. The lowest BCUT2D eigenvalue weighted by Gasteiger charge is -2.36. The fourth-order valence-electron chi connectivity index (χ4n) is 3.38. The third-order valence-electron chi connectivity index (χ3n) is 4.99. The molecule has 0 bridgehead atoms. The molecule has 1 aromatic rings. The highest BCUT2D eigenvalue weighted by molar-refractivity contribution is 7.07. The smallest absolute Gasteiger partial charge is 0.0308 e. The second-order valence-electron chi connectivity index (χ2n) is 6.61. The minimum atomic E-state index is 0.361. The Bertz CT molecular complexity index is 399. The molecule has 2 atom stereocenters. The van der Waals surface area contributed by atoms with E-state index in [1.165, 1.54) is 50.9 Å². The molecule has 2 fully saturated rings. The second-order valence-corrected chi connectivity index (χ2v) is 7.39. The maximum atomic E-state index is 3.83. The molecule has 1 saturated heterocycles. The van der Waals surface area contributed by atoms with Gasteiger partial charge in [0.15, 0.2) is 0 Å². The number of thiophene rings is 1. The van der Waals surface area contributed by atoms with E-state index < -0.39 is 0 Å². The van der Waals surface area contributed by atoms with Gasteiger partial charge in [-0.05, 0) is 74.4 Å². The molecule has 0 aromatic carbocycles. The second kappa shape index (κ2) is 5.55. The van der Waals surface area contributed by atoms with Gasteiger partial charge in [0.05, 0.1) is 0 Å². The van der Waals surface area contributed by atoms with Crippen LogP contribution in [-0.2, 0) is 6.42 Å². The van der Waals surface area contributed by atoms with Gasteiger partial charge in [-0.25, -0.2) is 0 Å². The predicted molar refractivity (Wildman–Crippen MR) is 82.8 cm³/mol. The number of nitrogens with one attached hydrogen (secondary N) is 1. The monoisotopic (exact) mass is 278 g/mol. The van der Waals surface area contributed by atoms with E-state index >= 15 is 0 Å². The van der Waals surface area contributed by atoms with E-state index in [4.69, 9.17) is 0 Å². The molecule has 3 rings (SSSR count). The molecule has 19 heavy (non-hydrogen) atoms. The van der Waals surface area contributed by atoms with E-state index in [9.17, 15) is 0 Å². The van der Waals surface area contributed by atoms with Crippen LogP contribution in [0.4, 0.5) is 0 Å². The van der Waals surface area contributed by atoms with Crippen LogP contribution in [0.5, 0.6) is 0 Å². The lowest BCUT2D eigenvalue weighted by Crippen LogP contribution is -2.52. The van der Waals surface area contributed by atoms with Crippen molar-refractivity contribution in [3.63, 3.8) is 0 Å². The largest absolute Gasteiger partial charge is 0.310 e. The van der Waals surface area contributed by atoms with Gasteiger partial charge in [0.2, 0.25) is 0 Å². The van der Waals surface area contributed by atoms with Gasteiger partial charge in [0, 0.05) is 24.7 Å². The van der Waals surface area contributed by atoms with Crippen LogP contribution in [0.2, 0.25) is 0 Å². The highest BCUT2D eigenvalue weighted by Gasteiger charge is 2.43. The van der Waals surface area contributed by atoms with Gasteiger partial charge in [-0.3, -0.25) is 4.90 Å². The van der Waals surface area contributed by atoms with Crippen LogP contribution >= 0.6 is 11.3 Å². The zero-order chi connectivity index (χ0) is 13.3. The summed E-state index contributed by atoms with van der Waals surface area (Å²) in [4.78, 5) is 2.72. The van der Waals surface area contributed by atoms with E-state index in [0.717, 1.165) is 5.92 Å². The topological polar surface area (TPSA) is 15.3 Å². The Labute approximate surface area is 121 Å². The number of hydrogen-bond acceptors (Lipinski definition) is 3. The summed E-state index contributed by atoms with van der Waals surface area (Å²) in [5.41, 5.74) is 1.86. The molecule has 106 valence electrons. The molecular formula is C16H26N2S. The lowest BCUT2D eigenvalue weighted by atomic mass is 9.95. The summed E-state index contributed by atoms with van der Waals surface area (Å²) in [7, 11) is 0. The molecule has 2 nitrogen and oxygen atoms in total. The van der Waals surface area contributed by atoms with Crippen molar-refractivity contribution in [2.75, 3.05) is 19.6 Å². The standard InChI is InChI=1S/C16H26N2S/c1-13-5-8-17-16(2,15-3-4-15)12-18(13)9-6-14-7-10-19-11-14/h7,10-11,13,15,17H,3-6,8-9,12H2,1-2H3. The summed E-state index contributed by atoms with van der Waals surface area (Å²) in [5, 5.41) is 8.32. The van der Waals surface area contributed by atoms with Crippen LogP contribution in [0.1, 0.15) is 38.7 Å². The molecule has 1 saturated carbocycles. The first-order chi connectivity index (χ1) is 9.17. The predicted octanol–water partition coefficient (Wildman–Crippen LogP) is 3.14. The molecule has 1 aromatic heterocycles. The summed E-state index contributed by atoms with van der Waals surface area (Å²) in [6.45, 7) is 8.46. The van der Waals surface area contributed by atoms with Crippen LogP contribution in [-0.4, -0.2) is 36.1 Å². The van der Waals surface area contributed by atoms with E-state index in [1.807, 2.05) is 11.3 Å². The van der Waals surface area contributed by atoms with Crippen molar-refractivity contribution in [3.05, 3.63) is 22.4 Å². The average Bonchev–Trinajstić information content (AvgIpc) is 3.14. The summed E-state index contributed by atoms with van der Waals surface area (Å²) in [6, 6.07) is 2.98. The Morgan fingerprint density at radius 1 is 1.42 bits per heavy atom. The Kier molecular flexibility index (Phi) is 3.97. The SMILES string of the molecule is CC1CCNC(C)(C2CC2)CN1CCc1ccsc1. The van der Waals surface area contributed by atoms with E-state index in [-0.39, 0.29) is 0 Å². The van der Waals surface area contributed by atoms with Crippen LogP contribution in [0.3, 0.4) is 0 Å². The van der Waals surface area contributed by atoms with Crippen LogP contribution < -0.4 is 5.32 Å². The van der Waals surface area contributed by atoms with Gasteiger partial charge >= 0.3 is 0 Å². The highest BCUT2D eigenvalue weighted by Crippen LogP contribution is 2.41. The van der Waals surface area contributed by atoms with Crippen molar-refractivity contribution in [2.24, 2.45) is 5.92 Å². The molecule has 0 amide bonds. The van der Waals surface area contributed by atoms with Gasteiger partial charge in [-0.1, -0.05) is 0 Å². The average molecular weight is 278 g/mol. The van der Waals surface area contributed by atoms with Crippen molar-refractivity contribution < 1.29 is 0 Å². The number of rotatable bonds is 4. The third-order valence-corrected chi connectivity index (χ3v) is 5.72. The molecule has 1 aliphatic carbocycles. The maximum Gasteiger partial charge on any atom is 0.0308 e. The van der Waals surface area contributed by atoms with Crippen molar-refractivity contribution in [2.45, 2.75) is 51.1 Å². The van der Waals surface area contributed by atoms with Gasteiger partial charge in [0.25, 0.3) is 0 Å². The minimum absolute atomic E-state index is 0.361. The summed E-state index contributed by atoms with van der Waals surface area (Å²) in [5.74, 6) is 0.918. The highest BCUT2D eigenvalue weighted by atomic mass is 32.1. The molecule has 0 radical (unpaired) electrons. The van der Waals surface area contributed by atoms with Crippen molar-refractivity contribution >= 4 is 11.3 Å². The first kappa shape index (κ1) is 13.6. The van der Waals surface area contributed by atoms with Crippen molar-refractivity contribution in [1.29, 1.82) is 0 Å². The summed E-state index contributed by atoms with van der Waals surface area (Å²) < 4.78 is 0. The van der Waals surface area contributed by atoms with Crippen LogP contribution in [0, 0.1) is 5.92 Å². The molecule has 0 spiro atoms. The van der Waals surface area contributed by atoms with Crippen molar-refractivity contribution in [3.8, 4) is 0 Å². The molecule has 2 unspecified atom stereocenters. The molecule has 3 heteroatoms. The molecule has 2 aliphatic rings. The van der Waals surface area contributed by atoms with Gasteiger partial charge in [-0.15, -0.1) is 0 Å². The Hall–Kier alpha value is -0.380. The third kappa shape index (κ3) is 3.21. The molecule has 1 N–H and O–H groups in total. The zero-order valence-corrected chi connectivity index (χ0v) is 13.0. The molecule has 2 heterocycles. The van der Waals surface area contributed by atoms with Crippen LogP contribution in [0.25, 0.3) is 0 Å². The lowest BCUT2D eigenvalue weighted by molar-refractivity contribution is 0.164. The summed E-state index contributed by atoms with van der Waals surface area (Å²) in [6.07, 6.45) is 5.34. The molecule has 1 aliphatic heterocycles. The van der Waals surface area contributed by atoms with Gasteiger partial charge in [0.1, 0.15) is 0 Å². The van der Waals surface area contributed by atoms with Crippen molar-refractivity contribution in [1.82, 2.24) is 10.2 Å². The normalized spacial score (nSPS) is 33.3. The minimum Gasteiger partial charge on any atom is -0.310 e. The van der Waals surface area contributed by atoms with E-state index in [2.05, 4.69) is 40.9 Å². The van der Waals surface area contributed by atoms with E-state index in [0.29, 0.717) is 11.6 Å². The van der Waals surface area contributed by atoms with Gasteiger partial charge < -0.3 is 5.32 Å². The Morgan fingerprint density at radius 3 is 2.95 bits per heavy atom. The quantitative estimate of drug-likeness (QED) is 0.910. The van der Waals surface area contributed by atoms with Crippen LogP contribution in [0.15, 0.2) is 16.8 Å².